The largest absolute Gasteiger partial charge is 0.338 e. The Balaban J connectivity index is 1.43. The fraction of sp³-hybridized carbons (Fsp3) is 0.278. The summed E-state index contributed by atoms with van der Waals surface area (Å²) in [6.07, 6.45) is 3.76. The number of benzene rings is 1. The second-order valence-electron chi connectivity index (χ2n) is 5.96. The van der Waals surface area contributed by atoms with E-state index >= 15 is 0 Å². The second-order valence-corrected chi connectivity index (χ2v) is 6.87. The van der Waals surface area contributed by atoms with E-state index in [0.717, 1.165) is 59.7 Å². The summed E-state index contributed by atoms with van der Waals surface area (Å²) in [5, 5.41) is 1.06. The molecule has 3 heterocycles. The van der Waals surface area contributed by atoms with Gasteiger partial charge in [-0.1, -0.05) is 22.0 Å². The van der Waals surface area contributed by atoms with Crippen LogP contribution >= 0.6 is 15.9 Å². The number of nitrogens with zero attached hydrogens (tertiary/aromatic N) is 5. The Morgan fingerprint density at radius 2 is 1.88 bits per heavy atom. The Labute approximate surface area is 149 Å². The zero-order valence-corrected chi connectivity index (χ0v) is 14.9. The number of hydrogen-bond donors (Lipinski definition) is 0. The Morgan fingerprint density at radius 3 is 2.67 bits per heavy atom. The molecule has 1 saturated heterocycles. The summed E-state index contributed by atoms with van der Waals surface area (Å²) in [4.78, 5) is 18.4. The van der Waals surface area contributed by atoms with Crippen LogP contribution in [0.3, 0.4) is 0 Å². The van der Waals surface area contributed by atoms with Crippen LogP contribution in [0.25, 0.3) is 10.9 Å². The molecule has 24 heavy (non-hydrogen) atoms. The zero-order valence-electron chi connectivity index (χ0n) is 13.3. The summed E-state index contributed by atoms with van der Waals surface area (Å²) >= 11 is 3.48. The van der Waals surface area contributed by atoms with Gasteiger partial charge in [-0.2, -0.15) is 0 Å². The molecule has 3 aromatic rings. The first-order valence-electron chi connectivity index (χ1n) is 8.07. The van der Waals surface area contributed by atoms with Crippen molar-refractivity contribution in [1.29, 1.82) is 0 Å². The van der Waals surface area contributed by atoms with Crippen molar-refractivity contribution in [2.75, 3.05) is 31.1 Å². The third-order valence-electron chi connectivity index (χ3n) is 4.30. The van der Waals surface area contributed by atoms with Crippen LogP contribution in [0.1, 0.15) is 5.69 Å². The van der Waals surface area contributed by atoms with Gasteiger partial charge in [0.05, 0.1) is 11.2 Å². The molecule has 1 aliphatic rings. The molecule has 0 spiro atoms. The van der Waals surface area contributed by atoms with Gasteiger partial charge in [-0.3, -0.25) is 9.88 Å². The number of fused-ring (bicyclic) bond motifs is 1. The Bertz CT molecular complexity index is 831. The molecule has 1 aliphatic heterocycles. The van der Waals surface area contributed by atoms with Gasteiger partial charge in [0.25, 0.3) is 0 Å². The van der Waals surface area contributed by atoms with E-state index in [0.29, 0.717) is 0 Å². The van der Waals surface area contributed by atoms with Gasteiger partial charge in [-0.15, -0.1) is 0 Å². The highest BCUT2D eigenvalue weighted by Crippen LogP contribution is 2.20. The van der Waals surface area contributed by atoms with Crippen molar-refractivity contribution in [1.82, 2.24) is 19.9 Å². The van der Waals surface area contributed by atoms with Gasteiger partial charge in [0.2, 0.25) is 5.95 Å². The first kappa shape index (κ1) is 15.5. The molecule has 2 aromatic heterocycles. The molecule has 0 unspecified atom stereocenters. The SMILES string of the molecule is Brc1ccc2nc(N3CCN(Cc4ccccn4)CC3)ncc2c1. The smallest absolute Gasteiger partial charge is 0.225 e. The molecule has 6 heteroatoms. The van der Waals surface area contributed by atoms with E-state index in [-0.39, 0.29) is 0 Å². The van der Waals surface area contributed by atoms with Crippen LogP contribution in [0.4, 0.5) is 5.95 Å². The van der Waals surface area contributed by atoms with Crippen LogP contribution in [-0.2, 0) is 6.54 Å². The number of hydrogen-bond acceptors (Lipinski definition) is 5. The van der Waals surface area contributed by atoms with Crippen LogP contribution in [0.5, 0.6) is 0 Å². The molecule has 0 bridgehead atoms. The van der Waals surface area contributed by atoms with Crippen LogP contribution in [0.15, 0.2) is 53.3 Å². The molecular weight excluding hydrogens is 366 g/mol. The summed E-state index contributed by atoms with van der Waals surface area (Å²) in [7, 11) is 0. The topological polar surface area (TPSA) is 45.2 Å². The highest BCUT2D eigenvalue weighted by molar-refractivity contribution is 9.10. The van der Waals surface area contributed by atoms with Gasteiger partial charge >= 0.3 is 0 Å². The fourth-order valence-electron chi connectivity index (χ4n) is 2.97. The molecule has 5 nitrogen and oxygen atoms in total. The predicted octanol–water partition coefficient (Wildman–Crippen LogP) is 3.11. The number of pyridine rings is 1. The fourth-order valence-corrected chi connectivity index (χ4v) is 3.35. The number of aromatic nitrogens is 3. The normalized spacial score (nSPS) is 15.8. The van der Waals surface area contributed by atoms with Crippen molar-refractivity contribution in [2.45, 2.75) is 6.54 Å². The summed E-state index contributed by atoms with van der Waals surface area (Å²) in [6.45, 7) is 4.78. The van der Waals surface area contributed by atoms with E-state index in [9.17, 15) is 0 Å². The minimum absolute atomic E-state index is 0.822. The number of piperazine rings is 1. The standard InChI is InChI=1S/C18H18BrN5/c19-15-4-5-17-14(11-15)12-21-18(22-17)24-9-7-23(8-10-24)13-16-3-1-2-6-20-16/h1-6,11-12H,7-10,13H2. The number of anilines is 1. The molecule has 0 amide bonds. The number of halogens is 1. The van der Waals surface area contributed by atoms with Crippen LogP contribution in [0, 0.1) is 0 Å². The lowest BCUT2D eigenvalue weighted by atomic mass is 10.2. The average molecular weight is 384 g/mol. The van der Waals surface area contributed by atoms with Gasteiger partial charge < -0.3 is 4.90 Å². The lowest BCUT2D eigenvalue weighted by Gasteiger charge is -2.34. The zero-order chi connectivity index (χ0) is 16.4. The van der Waals surface area contributed by atoms with E-state index in [2.05, 4.69) is 41.8 Å². The maximum Gasteiger partial charge on any atom is 0.225 e. The molecule has 1 fully saturated rings. The first-order valence-corrected chi connectivity index (χ1v) is 8.87. The summed E-state index contributed by atoms with van der Waals surface area (Å²) in [6, 6.07) is 12.2. The van der Waals surface area contributed by atoms with E-state index in [4.69, 9.17) is 4.98 Å². The van der Waals surface area contributed by atoms with Crippen molar-refractivity contribution in [2.24, 2.45) is 0 Å². The van der Waals surface area contributed by atoms with Gasteiger partial charge in [-0.05, 0) is 30.3 Å². The monoisotopic (exact) mass is 383 g/mol. The van der Waals surface area contributed by atoms with Crippen molar-refractivity contribution >= 4 is 32.8 Å². The minimum atomic E-state index is 0.822. The third-order valence-corrected chi connectivity index (χ3v) is 4.79. The second kappa shape index (κ2) is 6.83. The van der Waals surface area contributed by atoms with Crippen LogP contribution in [-0.4, -0.2) is 46.0 Å². The van der Waals surface area contributed by atoms with Crippen LogP contribution < -0.4 is 4.90 Å². The van der Waals surface area contributed by atoms with E-state index in [1.807, 2.05) is 42.7 Å². The highest BCUT2D eigenvalue weighted by Gasteiger charge is 2.19. The third kappa shape index (κ3) is 3.39. The molecule has 4 rings (SSSR count). The average Bonchev–Trinajstić information content (AvgIpc) is 2.63. The summed E-state index contributed by atoms with van der Waals surface area (Å²) < 4.78 is 1.05. The van der Waals surface area contributed by atoms with Gasteiger partial charge in [0.1, 0.15) is 0 Å². The van der Waals surface area contributed by atoms with Crippen molar-refractivity contribution < 1.29 is 0 Å². The lowest BCUT2D eigenvalue weighted by Crippen LogP contribution is -2.46. The summed E-state index contributed by atoms with van der Waals surface area (Å²) in [5.74, 6) is 0.822. The van der Waals surface area contributed by atoms with E-state index < -0.39 is 0 Å². The van der Waals surface area contributed by atoms with E-state index in [1.54, 1.807) is 0 Å². The Morgan fingerprint density at radius 1 is 1.00 bits per heavy atom. The van der Waals surface area contributed by atoms with Gasteiger partial charge in [-0.25, -0.2) is 9.97 Å². The molecule has 122 valence electrons. The molecule has 0 aliphatic carbocycles. The number of rotatable bonds is 3. The molecule has 0 saturated carbocycles. The van der Waals surface area contributed by atoms with Crippen molar-refractivity contribution in [3.63, 3.8) is 0 Å². The van der Waals surface area contributed by atoms with Gasteiger partial charge in [0, 0.05) is 55.0 Å². The summed E-state index contributed by atoms with van der Waals surface area (Å²) in [5.41, 5.74) is 2.11. The van der Waals surface area contributed by atoms with Crippen molar-refractivity contribution in [3.05, 3.63) is 59.0 Å². The molecular formula is C18H18BrN5. The first-order chi connectivity index (χ1) is 11.8. The van der Waals surface area contributed by atoms with Crippen LogP contribution in [0.2, 0.25) is 0 Å². The van der Waals surface area contributed by atoms with E-state index in [1.165, 1.54) is 0 Å². The maximum atomic E-state index is 4.71. The highest BCUT2D eigenvalue weighted by atomic mass is 79.9. The Hall–Kier alpha value is -2.05. The molecule has 0 N–H and O–H groups in total. The molecule has 1 aromatic carbocycles. The minimum Gasteiger partial charge on any atom is -0.338 e. The predicted molar refractivity (Wildman–Crippen MR) is 99.0 cm³/mol. The van der Waals surface area contributed by atoms with Gasteiger partial charge in [0.15, 0.2) is 0 Å². The Kier molecular flexibility index (Phi) is 4.40. The molecule has 0 radical (unpaired) electrons. The maximum absolute atomic E-state index is 4.71. The lowest BCUT2D eigenvalue weighted by molar-refractivity contribution is 0.246. The van der Waals surface area contributed by atoms with Crippen molar-refractivity contribution in [3.8, 4) is 0 Å². The molecule has 0 atom stereocenters. The quantitative estimate of drug-likeness (QED) is 0.695.